The molecule has 0 fully saturated rings. The molecule has 5 rings (SSSR count). The van der Waals surface area contributed by atoms with Crippen LogP contribution in [0.5, 0.6) is 0 Å². The third kappa shape index (κ3) is 2.92. The number of nitrogens with one attached hydrogen (secondary N) is 1. The van der Waals surface area contributed by atoms with Crippen molar-refractivity contribution in [2.24, 2.45) is 5.41 Å². The molecule has 6 heteroatoms. The van der Waals surface area contributed by atoms with Crippen molar-refractivity contribution in [2.45, 2.75) is 33.2 Å². The maximum Gasteiger partial charge on any atom is 0.181 e. The highest BCUT2D eigenvalue weighted by Gasteiger charge is 2.32. The molecular formula is C21H20ClN5. The van der Waals surface area contributed by atoms with E-state index in [0.717, 1.165) is 45.7 Å². The van der Waals surface area contributed by atoms with Crippen LogP contribution in [0.3, 0.4) is 0 Å². The predicted octanol–water partition coefficient (Wildman–Crippen LogP) is 4.65. The number of hydrogen-bond donors (Lipinski definition) is 1. The molecule has 136 valence electrons. The van der Waals surface area contributed by atoms with E-state index in [1.807, 2.05) is 41.3 Å². The van der Waals surface area contributed by atoms with Gasteiger partial charge in [0.15, 0.2) is 5.65 Å². The summed E-state index contributed by atoms with van der Waals surface area (Å²) >= 11 is 6.27. The van der Waals surface area contributed by atoms with Gasteiger partial charge in [-0.25, -0.2) is 4.98 Å². The Bertz CT molecular complexity index is 1150. The van der Waals surface area contributed by atoms with Gasteiger partial charge in [-0.3, -0.25) is 9.78 Å². The van der Waals surface area contributed by atoms with Gasteiger partial charge in [0.05, 0.1) is 12.2 Å². The lowest BCUT2D eigenvalue weighted by Crippen LogP contribution is -2.11. The SMILES string of the molecule is CC1(C)Cc2[nH]nc(-c3cnc4nn(Cc5ccccc5Cl)cc4c3)c2C1. The topological polar surface area (TPSA) is 59.4 Å². The Kier molecular flexibility index (Phi) is 3.62. The van der Waals surface area contributed by atoms with Crippen molar-refractivity contribution in [3.63, 3.8) is 0 Å². The Hall–Kier alpha value is -2.66. The fourth-order valence-corrected chi connectivity index (χ4v) is 4.17. The van der Waals surface area contributed by atoms with Gasteiger partial charge in [-0.15, -0.1) is 0 Å². The summed E-state index contributed by atoms with van der Waals surface area (Å²) in [6, 6.07) is 9.96. The van der Waals surface area contributed by atoms with E-state index in [-0.39, 0.29) is 5.41 Å². The van der Waals surface area contributed by atoms with E-state index >= 15 is 0 Å². The number of benzene rings is 1. The number of pyridine rings is 1. The second kappa shape index (κ2) is 5.92. The van der Waals surface area contributed by atoms with Crippen molar-refractivity contribution in [1.29, 1.82) is 0 Å². The number of hydrogen-bond acceptors (Lipinski definition) is 3. The van der Waals surface area contributed by atoms with Crippen LogP contribution < -0.4 is 0 Å². The largest absolute Gasteiger partial charge is 0.282 e. The zero-order valence-corrected chi connectivity index (χ0v) is 16.1. The molecule has 4 aromatic rings. The summed E-state index contributed by atoms with van der Waals surface area (Å²) in [6.45, 7) is 5.22. The lowest BCUT2D eigenvalue weighted by atomic mass is 9.90. The Balaban J connectivity index is 1.50. The molecule has 0 spiro atoms. The number of fused-ring (bicyclic) bond motifs is 2. The highest BCUT2D eigenvalue weighted by Crippen LogP contribution is 2.39. The molecule has 0 radical (unpaired) electrons. The Morgan fingerprint density at radius 1 is 1.22 bits per heavy atom. The molecule has 0 saturated carbocycles. The van der Waals surface area contributed by atoms with Crippen LogP contribution in [0.4, 0.5) is 0 Å². The molecule has 1 aliphatic rings. The number of rotatable bonds is 3. The third-order valence-electron chi connectivity index (χ3n) is 5.23. The van der Waals surface area contributed by atoms with Crippen LogP contribution in [0.15, 0.2) is 42.7 Å². The molecule has 0 unspecified atom stereocenters. The average Bonchev–Trinajstić information content (AvgIpc) is 3.27. The van der Waals surface area contributed by atoms with Crippen LogP contribution in [0, 0.1) is 5.41 Å². The Morgan fingerprint density at radius 2 is 2.07 bits per heavy atom. The number of aromatic nitrogens is 5. The van der Waals surface area contributed by atoms with Gasteiger partial charge >= 0.3 is 0 Å². The van der Waals surface area contributed by atoms with Crippen molar-refractivity contribution in [3.05, 3.63) is 64.6 Å². The first kappa shape index (κ1) is 16.5. The van der Waals surface area contributed by atoms with Gasteiger partial charge in [0.25, 0.3) is 0 Å². The van der Waals surface area contributed by atoms with Crippen LogP contribution >= 0.6 is 11.6 Å². The first-order valence-corrected chi connectivity index (χ1v) is 9.49. The van der Waals surface area contributed by atoms with E-state index in [0.29, 0.717) is 6.54 Å². The quantitative estimate of drug-likeness (QED) is 0.565. The second-order valence-corrected chi connectivity index (χ2v) is 8.51. The van der Waals surface area contributed by atoms with Gasteiger partial charge in [-0.2, -0.15) is 10.2 Å². The molecule has 0 saturated heterocycles. The van der Waals surface area contributed by atoms with Crippen molar-refractivity contribution in [2.75, 3.05) is 0 Å². The summed E-state index contributed by atoms with van der Waals surface area (Å²) in [4.78, 5) is 4.56. The molecule has 0 bridgehead atoms. The van der Waals surface area contributed by atoms with Crippen molar-refractivity contribution in [3.8, 4) is 11.3 Å². The minimum atomic E-state index is 0.288. The van der Waals surface area contributed by atoms with E-state index in [2.05, 4.69) is 40.2 Å². The third-order valence-corrected chi connectivity index (χ3v) is 5.60. The lowest BCUT2D eigenvalue weighted by molar-refractivity contribution is 0.388. The molecule has 0 amide bonds. The summed E-state index contributed by atoms with van der Waals surface area (Å²) in [5.41, 5.74) is 6.70. The number of nitrogens with zero attached hydrogens (tertiary/aromatic N) is 4. The van der Waals surface area contributed by atoms with Crippen molar-refractivity contribution < 1.29 is 0 Å². The number of halogens is 1. The van der Waals surface area contributed by atoms with Crippen LogP contribution in [0.25, 0.3) is 22.3 Å². The minimum absolute atomic E-state index is 0.288. The molecule has 1 aromatic carbocycles. The highest BCUT2D eigenvalue weighted by molar-refractivity contribution is 6.31. The Morgan fingerprint density at radius 3 is 2.93 bits per heavy atom. The smallest absolute Gasteiger partial charge is 0.181 e. The first-order chi connectivity index (χ1) is 13.0. The summed E-state index contributed by atoms with van der Waals surface area (Å²) in [6.07, 6.45) is 5.97. The lowest BCUT2D eigenvalue weighted by Gasteiger charge is -2.15. The molecule has 3 aromatic heterocycles. The van der Waals surface area contributed by atoms with Gasteiger partial charge in [0.2, 0.25) is 0 Å². The zero-order valence-electron chi connectivity index (χ0n) is 15.3. The minimum Gasteiger partial charge on any atom is -0.282 e. The van der Waals surface area contributed by atoms with Crippen molar-refractivity contribution in [1.82, 2.24) is 25.0 Å². The molecule has 1 N–H and O–H groups in total. The molecule has 0 aliphatic heterocycles. The first-order valence-electron chi connectivity index (χ1n) is 9.12. The molecule has 1 aliphatic carbocycles. The standard InChI is InChI=1S/C21H20ClN5/c1-21(2)8-16-18(9-21)24-25-19(16)14-7-15-12-27(26-20(15)23-10-14)11-13-5-3-4-6-17(13)22/h3-7,10,12H,8-9,11H2,1-2H3,(H,24,25). The van der Waals surface area contributed by atoms with E-state index < -0.39 is 0 Å². The van der Waals surface area contributed by atoms with E-state index in [1.165, 1.54) is 11.3 Å². The van der Waals surface area contributed by atoms with Crippen LogP contribution in [-0.2, 0) is 19.4 Å². The van der Waals surface area contributed by atoms with Crippen LogP contribution in [0.1, 0.15) is 30.7 Å². The van der Waals surface area contributed by atoms with Gasteiger partial charge in [0, 0.05) is 39.6 Å². The van der Waals surface area contributed by atoms with Gasteiger partial charge in [0.1, 0.15) is 0 Å². The highest BCUT2D eigenvalue weighted by atomic mass is 35.5. The molecular weight excluding hydrogens is 358 g/mol. The maximum absolute atomic E-state index is 6.27. The average molecular weight is 378 g/mol. The monoisotopic (exact) mass is 377 g/mol. The Labute approximate surface area is 162 Å². The van der Waals surface area contributed by atoms with Gasteiger partial charge in [-0.05, 0) is 36.0 Å². The van der Waals surface area contributed by atoms with Crippen molar-refractivity contribution >= 4 is 22.6 Å². The normalized spacial score (nSPS) is 15.4. The maximum atomic E-state index is 6.27. The summed E-state index contributed by atoms with van der Waals surface area (Å²) in [5.74, 6) is 0. The fraction of sp³-hybridized carbons (Fsp3) is 0.286. The van der Waals surface area contributed by atoms with Gasteiger partial charge < -0.3 is 0 Å². The molecule has 5 nitrogen and oxygen atoms in total. The molecule has 27 heavy (non-hydrogen) atoms. The van der Waals surface area contributed by atoms with Crippen LogP contribution in [0.2, 0.25) is 5.02 Å². The summed E-state index contributed by atoms with van der Waals surface area (Å²) in [5, 5.41) is 14.1. The zero-order chi connectivity index (χ0) is 18.6. The predicted molar refractivity (Wildman–Crippen MR) is 107 cm³/mol. The number of aromatic amines is 1. The van der Waals surface area contributed by atoms with E-state index in [9.17, 15) is 0 Å². The van der Waals surface area contributed by atoms with E-state index in [4.69, 9.17) is 11.6 Å². The number of H-pyrrole nitrogens is 1. The molecule has 0 atom stereocenters. The van der Waals surface area contributed by atoms with Gasteiger partial charge in [-0.1, -0.05) is 43.6 Å². The second-order valence-electron chi connectivity index (χ2n) is 8.10. The summed E-state index contributed by atoms with van der Waals surface area (Å²) < 4.78 is 1.89. The van der Waals surface area contributed by atoms with Crippen LogP contribution in [-0.4, -0.2) is 25.0 Å². The molecule has 3 heterocycles. The van der Waals surface area contributed by atoms with E-state index in [1.54, 1.807) is 0 Å². The fourth-order valence-electron chi connectivity index (χ4n) is 3.97. The summed E-state index contributed by atoms with van der Waals surface area (Å²) in [7, 11) is 0.